The fourth-order valence-corrected chi connectivity index (χ4v) is 2.91. The Morgan fingerprint density at radius 3 is 2.85 bits per heavy atom. The van der Waals surface area contributed by atoms with Gasteiger partial charge in [-0.25, -0.2) is 9.48 Å². The molecule has 2 heterocycles. The van der Waals surface area contributed by atoms with E-state index < -0.39 is 0 Å². The number of hydrogen-bond acceptors (Lipinski definition) is 5. The number of amides is 3. The van der Waals surface area contributed by atoms with E-state index in [9.17, 15) is 9.59 Å². The van der Waals surface area contributed by atoms with Crippen molar-refractivity contribution in [3.8, 4) is 0 Å². The highest BCUT2D eigenvalue weighted by molar-refractivity contribution is 5.89. The highest BCUT2D eigenvalue weighted by Crippen LogP contribution is 2.19. The van der Waals surface area contributed by atoms with Crippen molar-refractivity contribution in [2.45, 2.75) is 25.0 Å². The number of urea groups is 1. The van der Waals surface area contributed by atoms with Gasteiger partial charge in [-0.1, -0.05) is 23.4 Å². The van der Waals surface area contributed by atoms with Gasteiger partial charge in [-0.3, -0.25) is 4.79 Å². The highest BCUT2D eigenvalue weighted by atomic mass is 16.2. The number of likely N-dealkylation sites (N-methyl/N-ethyl adjacent to an activating group) is 1. The lowest BCUT2D eigenvalue weighted by Gasteiger charge is -2.16. The number of nitrogens with zero attached hydrogens (tertiary/aromatic N) is 4. The Morgan fingerprint density at radius 1 is 1.35 bits per heavy atom. The first-order chi connectivity index (χ1) is 12.6. The van der Waals surface area contributed by atoms with E-state index in [0.29, 0.717) is 25.2 Å². The Bertz CT molecular complexity index is 761. The first kappa shape index (κ1) is 17.9. The van der Waals surface area contributed by atoms with Crippen LogP contribution >= 0.6 is 0 Å². The Labute approximate surface area is 151 Å². The summed E-state index contributed by atoms with van der Waals surface area (Å²) < 4.78 is 1.76. The summed E-state index contributed by atoms with van der Waals surface area (Å²) in [6.07, 6.45) is 2.48. The maximum atomic E-state index is 12.2. The molecule has 0 spiro atoms. The van der Waals surface area contributed by atoms with Gasteiger partial charge in [-0.05, 0) is 18.6 Å². The quantitative estimate of drug-likeness (QED) is 0.727. The van der Waals surface area contributed by atoms with Crippen molar-refractivity contribution in [2.75, 3.05) is 26.0 Å². The third-order valence-electron chi connectivity index (χ3n) is 4.37. The zero-order chi connectivity index (χ0) is 18.5. The number of para-hydroxylation sites is 1. The monoisotopic (exact) mass is 357 g/mol. The van der Waals surface area contributed by atoms with Gasteiger partial charge in [0.25, 0.3) is 0 Å². The molecule has 1 aromatic carbocycles. The van der Waals surface area contributed by atoms with Gasteiger partial charge in [-0.2, -0.15) is 0 Å². The minimum absolute atomic E-state index is 0.0230. The number of hydrogen-bond donors (Lipinski definition) is 3. The van der Waals surface area contributed by atoms with Crippen LogP contribution in [0.5, 0.6) is 0 Å². The second-order valence-corrected chi connectivity index (χ2v) is 6.31. The second-order valence-electron chi connectivity index (χ2n) is 6.31. The molecule has 2 unspecified atom stereocenters. The maximum absolute atomic E-state index is 12.2. The predicted molar refractivity (Wildman–Crippen MR) is 96.5 cm³/mol. The average Bonchev–Trinajstić information content (AvgIpc) is 3.31. The minimum atomic E-state index is -0.215. The molecule has 1 saturated heterocycles. The van der Waals surface area contributed by atoms with Crippen LogP contribution < -0.4 is 16.0 Å². The first-order valence-electron chi connectivity index (χ1n) is 8.49. The van der Waals surface area contributed by atoms with Crippen molar-refractivity contribution in [2.24, 2.45) is 0 Å². The Kier molecular flexibility index (Phi) is 5.47. The van der Waals surface area contributed by atoms with Gasteiger partial charge >= 0.3 is 6.03 Å². The van der Waals surface area contributed by atoms with E-state index in [1.54, 1.807) is 23.7 Å². The zero-order valence-electron chi connectivity index (χ0n) is 14.8. The van der Waals surface area contributed by atoms with Gasteiger partial charge in [0.05, 0.1) is 24.8 Å². The van der Waals surface area contributed by atoms with E-state index in [-0.39, 0.29) is 24.0 Å². The number of nitrogens with one attached hydrogen (secondary N) is 3. The third-order valence-corrected chi connectivity index (χ3v) is 4.37. The van der Waals surface area contributed by atoms with Gasteiger partial charge in [0, 0.05) is 26.3 Å². The van der Waals surface area contributed by atoms with Crippen LogP contribution in [0.1, 0.15) is 18.2 Å². The molecule has 3 rings (SSSR count). The van der Waals surface area contributed by atoms with Crippen LogP contribution in [0.25, 0.3) is 0 Å². The Hall–Kier alpha value is -2.94. The SMILES string of the molecule is CNC(=O)C1CC(n2cc(CN(C)C(=O)Nc3ccccc3)nn2)CN1. The number of aromatic nitrogens is 3. The van der Waals surface area contributed by atoms with E-state index in [1.807, 2.05) is 36.5 Å². The molecule has 0 bridgehead atoms. The summed E-state index contributed by atoms with van der Waals surface area (Å²) in [5.74, 6) is -0.0230. The van der Waals surface area contributed by atoms with Crippen molar-refractivity contribution in [3.05, 3.63) is 42.2 Å². The molecule has 2 aromatic rings. The zero-order valence-corrected chi connectivity index (χ0v) is 14.8. The van der Waals surface area contributed by atoms with Crippen LogP contribution in [-0.2, 0) is 11.3 Å². The molecule has 3 amide bonds. The lowest BCUT2D eigenvalue weighted by Crippen LogP contribution is -2.38. The first-order valence-corrected chi connectivity index (χ1v) is 8.49. The van der Waals surface area contributed by atoms with Gasteiger partial charge in [0.15, 0.2) is 0 Å². The number of rotatable bonds is 5. The lowest BCUT2D eigenvalue weighted by molar-refractivity contribution is -0.122. The molecule has 0 saturated carbocycles. The van der Waals surface area contributed by atoms with Crippen molar-refractivity contribution in [1.82, 2.24) is 30.5 Å². The number of benzene rings is 1. The summed E-state index contributed by atoms with van der Waals surface area (Å²) in [6, 6.07) is 8.93. The molecule has 9 nitrogen and oxygen atoms in total. The molecule has 1 aliphatic rings. The molecule has 0 radical (unpaired) electrons. The largest absolute Gasteiger partial charge is 0.358 e. The summed E-state index contributed by atoms with van der Waals surface area (Å²) in [5.41, 5.74) is 1.43. The topological polar surface area (TPSA) is 104 Å². The second kappa shape index (κ2) is 7.96. The average molecular weight is 357 g/mol. The third kappa shape index (κ3) is 4.17. The number of carbonyl (C=O) groups excluding carboxylic acids is 2. The molecule has 1 aliphatic heterocycles. The molecule has 0 aliphatic carbocycles. The lowest BCUT2D eigenvalue weighted by atomic mass is 10.1. The van der Waals surface area contributed by atoms with Gasteiger partial charge in [0.1, 0.15) is 5.69 Å². The minimum Gasteiger partial charge on any atom is -0.358 e. The molecule has 138 valence electrons. The molecule has 2 atom stereocenters. The van der Waals surface area contributed by atoms with Crippen LogP contribution in [0.2, 0.25) is 0 Å². The molecule has 1 aromatic heterocycles. The molecular weight excluding hydrogens is 334 g/mol. The van der Waals surface area contributed by atoms with Crippen LogP contribution in [0.4, 0.5) is 10.5 Å². The van der Waals surface area contributed by atoms with Crippen LogP contribution in [0, 0.1) is 0 Å². The molecule has 9 heteroatoms. The summed E-state index contributed by atoms with van der Waals surface area (Å²) >= 11 is 0. The van der Waals surface area contributed by atoms with Crippen molar-refractivity contribution in [3.63, 3.8) is 0 Å². The number of carbonyl (C=O) groups is 2. The molecule has 1 fully saturated rings. The van der Waals surface area contributed by atoms with Crippen LogP contribution in [0.15, 0.2) is 36.5 Å². The van der Waals surface area contributed by atoms with E-state index in [2.05, 4.69) is 26.3 Å². The summed E-state index contributed by atoms with van der Waals surface area (Å²) in [7, 11) is 3.33. The number of anilines is 1. The summed E-state index contributed by atoms with van der Waals surface area (Å²) in [4.78, 5) is 25.5. The Morgan fingerprint density at radius 2 is 2.12 bits per heavy atom. The summed E-state index contributed by atoms with van der Waals surface area (Å²) in [5, 5.41) is 16.9. The van der Waals surface area contributed by atoms with Crippen molar-refractivity contribution in [1.29, 1.82) is 0 Å². The van der Waals surface area contributed by atoms with Gasteiger partial charge in [0.2, 0.25) is 5.91 Å². The summed E-state index contributed by atoms with van der Waals surface area (Å²) in [6.45, 7) is 1.00. The van der Waals surface area contributed by atoms with Crippen molar-refractivity contribution < 1.29 is 9.59 Å². The van der Waals surface area contributed by atoms with Crippen LogP contribution in [-0.4, -0.2) is 58.5 Å². The standard InChI is InChI=1S/C17H23N7O2/c1-18-16(25)15-8-14(9-19-15)24-11-13(21-22-24)10-23(2)17(26)20-12-6-4-3-5-7-12/h3-7,11,14-15,19H,8-10H2,1-2H3,(H,18,25)(H,20,26). The Balaban J connectivity index is 1.55. The molecular formula is C17H23N7O2. The van der Waals surface area contributed by atoms with E-state index in [1.165, 1.54) is 0 Å². The van der Waals surface area contributed by atoms with Gasteiger partial charge < -0.3 is 20.9 Å². The normalized spacial score (nSPS) is 19.2. The maximum Gasteiger partial charge on any atom is 0.321 e. The smallest absolute Gasteiger partial charge is 0.321 e. The van der Waals surface area contributed by atoms with Gasteiger partial charge in [-0.15, -0.1) is 5.10 Å². The highest BCUT2D eigenvalue weighted by Gasteiger charge is 2.30. The van der Waals surface area contributed by atoms with E-state index in [4.69, 9.17) is 0 Å². The fraction of sp³-hybridized carbons (Fsp3) is 0.412. The van der Waals surface area contributed by atoms with E-state index in [0.717, 1.165) is 5.69 Å². The predicted octanol–water partition coefficient (Wildman–Crippen LogP) is 0.591. The van der Waals surface area contributed by atoms with Crippen LogP contribution in [0.3, 0.4) is 0 Å². The van der Waals surface area contributed by atoms with E-state index >= 15 is 0 Å². The fourth-order valence-electron chi connectivity index (χ4n) is 2.91. The molecule has 26 heavy (non-hydrogen) atoms. The molecule has 3 N–H and O–H groups in total. The van der Waals surface area contributed by atoms with Crippen molar-refractivity contribution >= 4 is 17.6 Å².